The van der Waals surface area contributed by atoms with E-state index < -0.39 is 42.6 Å². The summed E-state index contributed by atoms with van der Waals surface area (Å²) in [6.45, 7) is 0.614. The van der Waals surface area contributed by atoms with E-state index in [0.717, 1.165) is 49.6 Å². The maximum Gasteiger partial charge on any atom is 0.340 e. The Morgan fingerprint density at radius 3 is 2.54 bits per heavy atom. The topological polar surface area (TPSA) is 114 Å². The minimum Gasteiger partial charge on any atom is -0.452 e. The number of hydrogen-bond acceptors (Lipinski definition) is 8. The van der Waals surface area contributed by atoms with Crippen molar-refractivity contribution in [2.24, 2.45) is 0 Å². The number of halogens is 3. The summed E-state index contributed by atoms with van der Waals surface area (Å²) < 4.78 is 32.2. The summed E-state index contributed by atoms with van der Waals surface area (Å²) in [5.41, 5.74) is 1.78. The lowest BCUT2D eigenvalue weighted by molar-refractivity contribution is -0.126. The molecule has 0 saturated carbocycles. The van der Waals surface area contributed by atoms with Crippen LogP contribution in [0.4, 0.5) is 19.6 Å². The number of amides is 2. The van der Waals surface area contributed by atoms with Gasteiger partial charge < -0.3 is 20.3 Å². The Balaban J connectivity index is 1.28. The molecule has 1 saturated heterocycles. The highest BCUT2D eigenvalue weighted by molar-refractivity contribution is 7.22. The van der Waals surface area contributed by atoms with Crippen LogP contribution in [0.15, 0.2) is 48.5 Å². The average Bonchev–Trinajstić information content (AvgIpc) is 3.41. The Morgan fingerprint density at radius 1 is 0.976 bits per heavy atom. The van der Waals surface area contributed by atoms with E-state index in [2.05, 4.69) is 20.5 Å². The number of pyridine rings is 1. The number of thiazole rings is 1. The maximum atomic E-state index is 13.3. The number of esters is 1. The zero-order valence-electron chi connectivity index (χ0n) is 21.6. The fourth-order valence-electron chi connectivity index (χ4n) is 4.29. The number of benzene rings is 2. The van der Waals surface area contributed by atoms with Gasteiger partial charge in [-0.25, -0.2) is 18.6 Å². The molecule has 0 atom stereocenters. The van der Waals surface area contributed by atoms with Gasteiger partial charge in [0.25, 0.3) is 5.91 Å². The van der Waals surface area contributed by atoms with Gasteiger partial charge in [0.15, 0.2) is 29.0 Å². The van der Waals surface area contributed by atoms with Crippen LogP contribution in [0.3, 0.4) is 0 Å². The van der Waals surface area contributed by atoms with Gasteiger partial charge in [0.05, 0.1) is 22.5 Å². The first-order chi connectivity index (χ1) is 19.8. The molecule has 2 aromatic heterocycles. The Labute approximate surface area is 242 Å². The second-order valence-electron chi connectivity index (χ2n) is 9.29. The number of hydrogen-bond donors (Lipinski definition) is 2. The Hall–Kier alpha value is -4.16. The van der Waals surface area contributed by atoms with Crippen LogP contribution in [-0.4, -0.2) is 54.0 Å². The van der Waals surface area contributed by atoms with E-state index in [1.807, 2.05) is 6.07 Å². The summed E-state index contributed by atoms with van der Waals surface area (Å²) in [7, 11) is 0. The number of anilines is 2. The largest absolute Gasteiger partial charge is 0.452 e. The molecule has 0 bridgehead atoms. The van der Waals surface area contributed by atoms with Crippen molar-refractivity contribution in [3.63, 3.8) is 0 Å². The zero-order valence-corrected chi connectivity index (χ0v) is 23.2. The highest BCUT2D eigenvalue weighted by Gasteiger charge is 2.23. The molecule has 212 valence electrons. The Kier molecular flexibility index (Phi) is 8.70. The third-order valence-electron chi connectivity index (χ3n) is 6.30. The maximum absolute atomic E-state index is 13.3. The number of carbonyl (C=O) groups excluding carboxylic acids is 3. The molecule has 1 aliphatic rings. The molecule has 2 aromatic carbocycles. The fourth-order valence-corrected chi connectivity index (χ4v) is 5.54. The third-order valence-corrected chi connectivity index (χ3v) is 7.67. The summed E-state index contributed by atoms with van der Waals surface area (Å²) in [5, 5.41) is 5.93. The molecule has 1 fully saturated rings. The van der Waals surface area contributed by atoms with Gasteiger partial charge in [0.2, 0.25) is 5.91 Å². The molecule has 2 N–H and O–H groups in total. The monoisotopic (exact) mass is 599 g/mol. The normalized spacial score (nSPS) is 13.2. The smallest absolute Gasteiger partial charge is 0.340 e. The highest BCUT2D eigenvalue weighted by Crippen LogP contribution is 2.35. The van der Waals surface area contributed by atoms with Gasteiger partial charge in [-0.2, -0.15) is 4.98 Å². The molecule has 0 spiro atoms. The van der Waals surface area contributed by atoms with Crippen LogP contribution in [0, 0.1) is 11.6 Å². The van der Waals surface area contributed by atoms with Gasteiger partial charge in [-0.1, -0.05) is 35.1 Å². The number of aromatic nitrogens is 2. The summed E-state index contributed by atoms with van der Waals surface area (Å²) >= 11 is 7.51. The minimum atomic E-state index is -1.12. The van der Waals surface area contributed by atoms with E-state index in [0.29, 0.717) is 26.6 Å². The number of rotatable bonds is 8. The molecule has 0 aliphatic carbocycles. The van der Waals surface area contributed by atoms with E-state index in [-0.39, 0.29) is 11.3 Å². The van der Waals surface area contributed by atoms with E-state index in [9.17, 15) is 23.2 Å². The molecule has 3 heterocycles. The Morgan fingerprint density at radius 2 is 1.78 bits per heavy atom. The van der Waals surface area contributed by atoms with Crippen LogP contribution in [0.2, 0.25) is 5.02 Å². The van der Waals surface area contributed by atoms with Crippen LogP contribution in [-0.2, 0) is 14.3 Å². The summed E-state index contributed by atoms with van der Waals surface area (Å²) in [6.07, 6.45) is 3.27. The van der Waals surface area contributed by atoms with E-state index in [1.165, 1.54) is 17.4 Å². The summed E-state index contributed by atoms with van der Waals surface area (Å²) in [6, 6.07) is 11.5. The highest BCUT2D eigenvalue weighted by atomic mass is 35.5. The lowest BCUT2D eigenvalue weighted by atomic mass is 10.1. The number of nitrogens with zero attached hydrogens (tertiary/aromatic N) is 3. The van der Waals surface area contributed by atoms with Gasteiger partial charge in [-0.05, 0) is 49.6 Å². The summed E-state index contributed by atoms with van der Waals surface area (Å²) in [4.78, 5) is 49.1. The first kappa shape index (κ1) is 28.4. The van der Waals surface area contributed by atoms with E-state index in [1.54, 1.807) is 24.3 Å². The summed E-state index contributed by atoms with van der Waals surface area (Å²) in [5.74, 6) is -4.32. The van der Waals surface area contributed by atoms with Crippen LogP contribution >= 0.6 is 22.9 Å². The molecule has 2 amide bonds. The van der Waals surface area contributed by atoms with Gasteiger partial charge >= 0.3 is 5.97 Å². The Bertz CT molecular complexity index is 1630. The molecule has 1 aliphatic heterocycles. The van der Waals surface area contributed by atoms with E-state index >= 15 is 0 Å². The number of carbonyl (C=O) groups is 3. The standard InChI is InChI=1S/C28H24ClF2N5O4S/c29-17-6-4-5-16(11-17)22-13-19(25-26(34-22)35-28(41-25)36-9-2-1-3-10-36)27(39)40-15-24(38)32-14-23(37)33-18-7-8-20(30)21(31)12-18/h4-8,11-13H,1-3,9-10,14-15H2,(H,32,38)(H,33,37). The minimum absolute atomic E-state index is 0.0280. The fraction of sp³-hybridized carbons (Fsp3) is 0.250. The predicted molar refractivity (Wildman–Crippen MR) is 152 cm³/mol. The molecular weight excluding hydrogens is 576 g/mol. The number of nitrogens with one attached hydrogen (secondary N) is 2. The molecule has 41 heavy (non-hydrogen) atoms. The lowest BCUT2D eigenvalue weighted by Gasteiger charge is -2.25. The second-order valence-corrected chi connectivity index (χ2v) is 10.7. The van der Waals surface area contributed by atoms with Crippen molar-refractivity contribution in [2.45, 2.75) is 19.3 Å². The number of ether oxygens (including phenoxy) is 1. The van der Waals surface area contributed by atoms with Gasteiger partial charge in [0.1, 0.15) is 0 Å². The molecule has 5 rings (SSSR count). The van der Waals surface area contributed by atoms with Crippen molar-refractivity contribution < 1.29 is 27.9 Å². The van der Waals surface area contributed by atoms with Crippen LogP contribution < -0.4 is 15.5 Å². The van der Waals surface area contributed by atoms with Crippen molar-refractivity contribution in [3.8, 4) is 11.3 Å². The quantitative estimate of drug-likeness (QED) is 0.268. The molecular formula is C28H24ClF2N5O4S. The van der Waals surface area contributed by atoms with Crippen molar-refractivity contribution in [3.05, 3.63) is 70.8 Å². The SMILES string of the molecule is O=C(COC(=O)c1cc(-c2cccc(Cl)c2)nc2nc(N3CCCCC3)sc12)NCC(=O)Nc1ccc(F)c(F)c1. The van der Waals surface area contributed by atoms with E-state index in [4.69, 9.17) is 21.3 Å². The van der Waals surface area contributed by atoms with Crippen molar-refractivity contribution >= 4 is 61.9 Å². The molecule has 13 heteroatoms. The number of piperidine rings is 1. The second kappa shape index (κ2) is 12.6. The van der Waals surface area contributed by atoms with Crippen molar-refractivity contribution in [1.82, 2.24) is 15.3 Å². The lowest BCUT2D eigenvalue weighted by Crippen LogP contribution is -2.35. The van der Waals surface area contributed by atoms with Gasteiger partial charge in [-0.3, -0.25) is 9.59 Å². The first-order valence-corrected chi connectivity index (χ1v) is 14.0. The van der Waals surface area contributed by atoms with Gasteiger partial charge in [-0.15, -0.1) is 0 Å². The molecule has 0 radical (unpaired) electrons. The predicted octanol–water partition coefficient (Wildman–Crippen LogP) is 5.19. The molecule has 4 aromatic rings. The van der Waals surface area contributed by atoms with Crippen molar-refractivity contribution in [1.29, 1.82) is 0 Å². The third kappa shape index (κ3) is 6.95. The van der Waals surface area contributed by atoms with Crippen LogP contribution in [0.5, 0.6) is 0 Å². The number of fused-ring (bicyclic) bond motifs is 1. The average molecular weight is 600 g/mol. The first-order valence-electron chi connectivity index (χ1n) is 12.8. The van der Waals surface area contributed by atoms with Crippen LogP contribution in [0.25, 0.3) is 21.6 Å². The van der Waals surface area contributed by atoms with Gasteiger partial charge in [0, 0.05) is 35.4 Å². The van der Waals surface area contributed by atoms with Crippen molar-refractivity contribution in [2.75, 3.05) is 36.5 Å². The molecule has 9 nitrogen and oxygen atoms in total. The molecule has 0 unspecified atom stereocenters. The zero-order chi connectivity index (χ0) is 28.9. The van der Waals surface area contributed by atoms with Crippen LogP contribution in [0.1, 0.15) is 29.6 Å².